The van der Waals surface area contributed by atoms with Crippen molar-refractivity contribution in [3.63, 3.8) is 0 Å². The molecule has 0 aliphatic carbocycles. The van der Waals surface area contributed by atoms with Gasteiger partial charge in [0, 0.05) is 5.56 Å². The summed E-state index contributed by atoms with van der Waals surface area (Å²) < 4.78 is 10.5. The van der Waals surface area contributed by atoms with E-state index in [1.807, 2.05) is 6.92 Å². The van der Waals surface area contributed by atoms with E-state index in [-0.39, 0.29) is 6.61 Å². The number of nitrogens with zero attached hydrogens (tertiary/aromatic N) is 1. The lowest BCUT2D eigenvalue weighted by atomic mass is 10.2. The molecule has 1 aromatic carbocycles. The summed E-state index contributed by atoms with van der Waals surface area (Å²) in [6.45, 7) is 2.06. The number of benzene rings is 1. The molecule has 6 nitrogen and oxygen atoms in total. The Hall–Kier alpha value is -2.24. The minimum atomic E-state index is -0.562. The van der Waals surface area contributed by atoms with Gasteiger partial charge in [-0.15, -0.1) is 0 Å². The van der Waals surface area contributed by atoms with Crippen LogP contribution in [0.4, 0.5) is 0 Å². The Labute approximate surface area is 98.6 Å². The van der Waals surface area contributed by atoms with Crippen LogP contribution in [-0.2, 0) is 4.79 Å². The topological polar surface area (TPSA) is 94.1 Å². The van der Waals surface area contributed by atoms with Crippen LogP contribution in [0.5, 0.6) is 11.5 Å². The van der Waals surface area contributed by atoms with Crippen LogP contribution >= 0.6 is 0 Å². The molecular formula is C11H14N2O4. The van der Waals surface area contributed by atoms with Crippen molar-refractivity contribution in [3.8, 4) is 11.5 Å². The molecule has 1 rings (SSSR count). The Morgan fingerprint density at radius 2 is 2.24 bits per heavy atom. The zero-order valence-electron chi connectivity index (χ0n) is 9.42. The molecular weight excluding hydrogens is 224 g/mol. The average Bonchev–Trinajstić information content (AvgIpc) is 2.28. The molecule has 3 N–H and O–H groups in total. The van der Waals surface area contributed by atoms with E-state index >= 15 is 0 Å². The lowest BCUT2D eigenvalue weighted by molar-refractivity contribution is -0.119. The summed E-state index contributed by atoms with van der Waals surface area (Å²) in [5.74, 6) is 0.320. The molecule has 6 heteroatoms. The Kier molecular flexibility index (Phi) is 4.80. The first kappa shape index (κ1) is 12.8. The van der Waals surface area contributed by atoms with Crippen molar-refractivity contribution in [2.45, 2.75) is 6.92 Å². The molecule has 0 bridgehead atoms. The number of carbonyl (C=O) groups excluding carboxylic acids is 1. The van der Waals surface area contributed by atoms with Crippen molar-refractivity contribution in [1.29, 1.82) is 0 Å². The molecule has 0 fully saturated rings. The van der Waals surface area contributed by atoms with Gasteiger partial charge in [-0.25, -0.2) is 0 Å². The zero-order chi connectivity index (χ0) is 12.7. The highest BCUT2D eigenvalue weighted by Crippen LogP contribution is 2.27. The van der Waals surface area contributed by atoms with Crippen LogP contribution in [0.2, 0.25) is 0 Å². The molecule has 0 unspecified atom stereocenters. The molecule has 0 atom stereocenters. The maximum absolute atomic E-state index is 10.6. The van der Waals surface area contributed by atoms with Gasteiger partial charge in [-0.05, 0) is 25.1 Å². The van der Waals surface area contributed by atoms with Crippen molar-refractivity contribution in [2.24, 2.45) is 10.9 Å². The maximum Gasteiger partial charge on any atom is 0.255 e. The van der Waals surface area contributed by atoms with E-state index in [1.54, 1.807) is 18.2 Å². The lowest BCUT2D eigenvalue weighted by Gasteiger charge is -2.11. The summed E-state index contributed by atoms with van der Waals surface area (Å²) in [5.41, 5.74) is 5.64. The van der Waals surface area contributed by atoms with Crippen LogP contribution in [0, 0.1) is 0 Å². The van der Waals surface area contributed by atoms with E-state index in [0.717, 1.165) is 0 Å². The summed E-state index contributed by atoms with van der Waals surface area (Å²) in [6.07, 6.45) is 1.26. The Bertz CT molecular complexity index is 418. The molecule has 0 radical (unpaired) electrons. The number of carbonyl (C=O) groups is 1. The number of nitrogens with two attached hydrogens (primary N) is 1. The molecule has 1 aromatic rings. The number of amides is 1. The third-order valence-electron chi connectivity index (χ3n) is 1.84. The Balaban J connectivity index is 2.90. The van der Waals surface area contributed by atoms with E-state index in [1.165, 1.54) is 6.21 Å². The quantitative estimate of drug-likeness (QED) is 0.434. The summed E-state index contributed by atoms with van der Waals surface area (Å²) >= 11 is 0. The van der Waals surface area contributed by atoms with Gasteiger partial charge in [-0.2, -0.15) is 0 Å². The lowest BCUT2D eigenvalue weighted by Crippen LogP contribution is -2.20. The minimum Gasteiger partial charge on any atom is -0.490 e. The molecule has 0 aliphatic heterocycles. The number of primary amides is 1. The Morgan fingerprint density at radius 1 is 1.47 bits per heavy atom. The fourth-order valence-electron chi connectivity index (χ4n) is 1.21. The molecule has 0 saturated carbocycles. The first-order valence-corrected chi connectivity index (χ1v) is 5.02. The second-order valence-corrected chi connectivity index (χ2v) is 3.14. The van der Waals surface area contributed by atoms with Crippen molar-refractivity contribution in [3.05, 3.63) is 23.8 Å². The van der Waals surface area contributed by atoms with Gasteiger partial charge in [-0.1, -0.05) is 5.16 Å². The van der Waals surface area contributed by atoms with E-state index in [2.05, 4.69) is 5.16 Å². The molecule has 0 aliphatic rings. The highest BCUT2D eigenvalue weighted by molar-refractivity contribution is 5.80. The van der Waals surface area contributed by atoms with Crippen LogP contribution in [0.3, 0.4) is 0 Å². The fraction of sp³-hybridized carbons (Fsp3) is 0.273. The minimum absolute atomic E-state index is 0.215. The highest BCUT2D eigenvalue weighted by atomic mass is 16.5. The van der Waals surface area contributed by atoms with Crippen molar-refractivity contribution < 1.29 is 19.5 Å². The van der Waals surface area contributed by atoms with Gasteiger partial charge in [0.05, 0.1) is 12.8 Å². The number of hydrogen-bond donors (Lipinski definition) is 2. The second-order valence-electron chi connectivity index (χ2n) is 3.14. The van der Waals surface area contributed by atoms with Gasteiger partial charge in [-0.3, -0.25) is 4.79 Å². The van der Waals surface area contributed by atoms with Crippen LogP contribution in [0.25, 0.3) is 0 Å². The molecule has 17 heavy (non-hydrogen) atoms. The van der Waals surface area contributed by atoms with Gasteiger partial charge in [0.2, 0.25) is 0 Å². The van der Waals surface area contributed by atoms with E-state index in [4.69, 9.17) is 20.4 Å². The van der Waals surface area contributed by atoms with Gasteiger partial charge < -0.3 is 20.4 Å². The summed E-state index contributed by atoms with van der Waals surface area (Å²) in [4.78, 5) is 10.6. The number of rotatable bonds is 6. The average molecular weight is 238 g/mol. The Morgan fingerprint density at radius 3 is 2.82 bits per heavy atom. The number of hydrogen-bond acceptors (Lipinski definition) is 5. The van der Waals surface area contributed by atoms with Gasteiger partial charge in [0.1, 0.15) is 0 Å². The molecule has 92 valence electrons. The second kappa shape index (κ2) is 6.37. The normalized spacial score (nSPS) is 10.4. The molecule has 0 spiro atoms. The monoisotopic (exact) mass is 238 g/mol. The third kappa shape index (κ3) is 4.02. The number of ether oxygens (including phenoxy) is 2. The first-order valence-electron chi connectivity index (χ1n) is 5.02. The van der Waals surface area contributed by atoms with Gasteiger partial charge in [0.15, 0.2) is 18.1 Å². The standard InChI is InChI=1S/C11H14N2O4/c1-2-16-10-5-8(6-13-15)3-4-9(10)17-7-11(12)14/h3-6,15H,2,7H2,1H3,(H2,12,14)/b13-6+. The predicted molar refractivity (Wildman–Crippen MR) is 61.7 cm³/mol. The first-order chi connectivity index (χ1) is 8.17. The van der Waals surface area contributed by atoms with E-state index in [9.17, 15) is 4.79 Å². The largest absolute Gasteiger partial charge is 0.490 e. The van der Waals surface area contributed by atoms with Gasteiger partial charge in [0.25, 0.3) is 5.91 Å². The van der Waals surface area contributed by atoms with E-state index in [0.29, 0.717) is 23.7 Å². The van der Waals surface area contributed by atoms with Crippen molar-refractivity contribution in [2.75, 3.05) is 13.2 Å². The molecule has 0 saturated heterocycles. The third-order valence-corrected chi connectivity index (χ3v) is 1.84. The fourth-order valence-corrected chi connectivity index (χ4v) is 1.21. The molecule has 1 amide bonds. The molecule has 0 heterocycles. The van der Waals surface area contributed by atoms with Crippen molar-refractivity contribution in [1.82, 2.24) is 0 Å². The number of oxime groups is 1. The zero-order valence-corrected chi connectivity index (χ0v) is 9.42. The van der Waals surface area contributed by atoms with Gasteiger partial charge >= 0.3 is 0 Å². The summed E-state index contributed by atoms with van der Waals surface area (Å²) in [7, 11) is 0. The maximum atomic E-state index is 10.6. The highest BCUT2D eigenvalue weighted by Gasteiger charge is 2.07. The summed E-state index contributed by atoms with van der Waals surface area (Å²) in [6, 6.07) is 4.92. The molecule has 0 aromatic heterocycles. The van der Waals surface area contributed by atoms with Crippen LogP contribution < -0.4 is 15.2 Å². The van der Waals surface area contributed by atoms with Crippen LogP contribution in [-0.4, -0.2) is 30.5 Å². The van der Waals surface area contributed by atoms with E-state index < -0.39 is 5.91 Å². The predicted octanol–water partition coefficient (Wildman–Crippen LogP) is 0.758. The SMILES string of the molecule is CCOc1cc(/C=N/O)ccc1OCC(N)=O. The van der Waals surface area contributed by atoms with Crippen LogP contribution in [0.1, 0.15) is 12.5 Å². The van der Waals surface area contributed by atoms with Crippen LogP contribution in [0.15, 0.2) is 23.4 Å². The smallest absolute Gasteiger partial charge is 0.255 e. The van der Waals surface area contributed by atoms with Crippen molar-refractivity contribution >= 4 is 12.1 Å². The summed E-state index contributed by atoms with van der Waals surface area (Å²) in [5, 5.41) is 11.3.